The number of piperidine rings is 1. The molecule has 0 unspecified atom stereocenters. The minimum Gasteiger partial charge on any atom is -0.285 e. The average Bonchev–Trinajstić information content (AvgIpc) is 2.78. The van der Waals surface area contributed by atoms with Crippen LogP contribution in [-0.2, 0) is 6.42 Å². The number of aliphatic imine (C=N–C) groups is 1. The number of carbonyl (C=O) groups excluding carboxylic acids is 1. The van der Waals surface area contributed by atoms with Crippen LogP contribution in [-0.4, -0.2) is 29.2 Å². The lowest BCUT2D eigenvalue weighted by Gasteiger charge is -2.26. The predicted molar refractivity (Wildman–Crippen MR) is 101 cm³/mol. The molecule has 0 bridgehead atoms. The number of nitrogens with zero attached hydrogens (tertiary/aromatic N) is 2. The molecule has 2 aliphatic heterocycles. The van der Waals surface area contributed by atoms with Gasteiger partial charge in [0.2, 0.25) is 0 Å². The number of carbonyl (C=O) groups is 1. The van der Waals surface area contributed by atoms with Gasteiger partial charge in [0.05, 0.1) is 5.69 Å². The smallest absolute Gasteiger partial charge is 0.265 e. The quantitative estimate of drug-likeness (QED) is 0.885. The van der Waals surface area contributed by atoms with Crippen molar-refractivity contribution < 1.29 is 4.79 Å². The third kappa shape index (κ3) is 3.46. The van der Waals surface area contributed by atoms with Crippen molar-refractivity contribution in [2.75, 3.05) is 13.1 Å². The van der Waals surface area contributed by atoms with Crippen molar-refractivity contribution in [3.63, 3.8) is 0 Å². The van der Waals surface area contributed by atoms with E-state index in [9.17, 15) is 4.79 Å². The zero-order chi connectivity index (χ0) is 17.2. The summed E-state index contributed by atoms with van der Waals surface area (Å²) in [7, 11) is 0. The maximum Gasteiger partial charge on any atom is 0.265 e. The Kier molecular flexibility index (Phi) is 4.55. The summed E-state index contributed by atoms with van der Waals surface area (Å²) in [5.41, 5.74) is 7.58. The molecular formula is C20H20ClN3O. The molecule has 128 valence electrons. The summed E-state index contributed by atoms with van der Waals surface area (Å²) in [6.07, 6.45) is 4.25. The second-order valence-corrected chi connectivity index (χ2v) is 6.93. The first-order valence-electron chi connectivity index (χ1n) is 8.72. The molecule has 1 amide bonds. The molecule has 1 saturated heterocycles. The monoisotopic (exact) mass is 353 g/mol. The Bertz CT molecular complexity index is 841. The van der Waals surface area contributed by atoms with Gasteiger partial charge in [-0.05, 0) is 36.1 Å². The third-order valence-electron chi connectivity index (χ3n) is 4.80. The fourth-order valence-electron chi connectivity index (χ4n) is 3.42. The van der Waals surface area contributed by atoms with Gasteiger partial charge in [-0.25, -0.2) is 10.0 Å². The highest BCUT2D eigenvalue weighted by molar-refractivity contribution is 6.70. The molecule has 0 spiro atoms. The second kappa shape index (κ2) is 6.98. The summed E-state index contributed by atoms with van der Waals surface area (Å²) in [5, 5.41) is 2.48. The van der Waals surface area contributed by atoms with E-state index in [1.807, 2.05) is 41.4 Å². The lowest BCUT2D eigenvalue weighted by molar-refractivity contribution is 0.0750. The fourth-order valence-corrected chi connectivity index (χ4v) is 3.69. The first-order chi connectivity index (χ1) is 12.2. The zero-order valence-electron chi connectivity index (χ0n) is 14.0. The van der Waals surface area contributed by atoms with Gasteiger partial charge in [0.15, 0.2) is 0 Å². The SMILES string of the molecule is O=C(NN1CCCCC1)c1ccc2c(c1)N=C(Cl)c1ccccc1C2. The minimum atomic E-state index is -0.0854. The van der Waals surface area contributed by atoms with Crippen molar-refractivity contribution >= 4 is 28.4 Å². The predicted octanol–water partition coefficient (Wildman–Crippen LogP) is 4.04. The molecule has 2 aromatic carbocycles. The third-order valence-corrected chi connectivity index (χ3v) is 5.09. The molecule has 0 aliphatic carbocycles. The van der Waals surface area contributed by atoms with Gasteiger partial charge >= 0.3 is 0 Å². The summed E-state index contributed by atoms with van der Waals surface area (Å²) >= 11 is 6.41. The maximum absolute atomic E-state index is 12.6. The van der Waals surface area contributed by atoms with Crippen molar-refractivity contribution in [2.24, 2.45) is 4.99 Å². The van der Waals surface area contributed by atoms with Crippen LogP contribution < -0.4 is 5.43 Å². The lowest BCUT2D eigenvalue weighted by atomic mass is 9.99. The maximum atomic E-state index is 12.6. The number of rotatable bonds is 2. The van der Waals surface area contributed by atoms with Crippen LogP contribution >= 0.6 is 11.6 Å². The highest BCUT2D eigenvalue weighted by Crippen LogP contribution is 2.30. The summed E-state index contributed by atoms with van der Waals surface area (Å²) in [6.45, 7) is 1.83. The molecule has 4 nitrogen and oxygen atoms in total. The van der Waals surface area contributed by atoms with E-state index in [-0.39, 0.29) is 5.91 Å². The van der Waals surface area contributed by atoms with Crippen molar-refractivity contribution in [1.82, 2.24) is 10.4 Å². The molecule has 0 atom stereocenters. The van der Waals surface area contributed by atoms with Gasteiger partial charge in [0.1, 0.15) is 5.17 Å². The number of halogens is 1. The molecule has 4 rings (SSSR count). The molecule has 5 heteroatoms. The van der Waals surface area contributed by atoms with E-state index in [1.165, 1.54) is 6.42 Å². The Morgan fingerprint density at radius 3 is 2.68 bits per heavy atom. The van der Waals surface area contributed by atoms with E-state index >= 15 is 0 Å². The number of amides is 1. The second-order valence-electron chi connectivity index (χ2n) is 6.57. The Hall–Kier alpha value is -2.17. The van der Waals surface area contributed by atoms with E-state index < -0.39 is 0 Å². The van der Waals surface area contributed by atoms with E-state index in [4.69, 9.17) is 11.6 Å². The van der Waals surface area contributed by atoms with Crippen LogP contribution in [0.5, 0.6) is 0 Å². The summed E-state index contributed by atoms with van der Waals surface area (Å²) in [5.74, 6) is -0.0854. The van der Waals surface area contributed by atoms with Crippen molar-refractivity contribution in [3.8, 4) is 0 Å². The highest BCUT2D eigenvalue weighted by Gasteiger charge is 2.18. The van der Waals surface area contributed by atoms with Gasteiger partial charge in [-0.15, -0.1) is 0 Å². The van der Waals surface area contributed by atoms with Gasteiger partial charge in [0.25, 0.3) is 5.91 Å². The molecule has 0 radical (unpaired) electrons. The van der Waals surface area contributed by atoms with E-state index in [0.29, 0.717) is 10.7 Å². The number of fused-ring (bicyclic) bond motifs is 2. The number of nitrogens with one attached hydrogen (secondary N) is 1. The standard InChI is InChI=1S/C20H20ClN3O/c21-19-17-7-3-2-6-14(17)12-15-8-9-16(13-18(15)22-19)20(25)23-24-10-4-1-5-11-24/h2-3,6-9,13H,1,4-5,10-12H2,(H,23,25). The summed E-state index contributed by atoms with van der Waals surface area (Å²) < 4.78 is 0. The van der Waals surface area contributed by atoms with Crippen LogP contribution in [0.4, 0.5) is 5.69 Å². The normalized spacial score (nSPS) is 17.1. The van der Waals surface area contributed by atoms with Crippen LogP contribution in [0.3, 0.4) is 0 Å². The molecule has 2 heterocycles. The molecule has 25 heavy (non-hydrogen) atoms. The van der Waals surface area contributed by atoms with E-state index in [2.05, 4.69) is 16.5 Å². The molecule has 0 saturated carbocycles. The number of hydrazine groups is 1. The van der Waals surface area contributed by atoms with E-state index in [1.54, 1.807) is 0 Å². The number of benzene rings is 2. The first-order valence-corrected chi connectivity index (χ1v) is 9.10. The van der Waals surface area contributed by atoms with Gasteiger partial charge in [0, 0.05) is 30.6 Å². The van der Waals surface area contributed by atoms with Crippen LogP contribution in [0.1, 0.15) is 46.3 Å². The summed E-state index contributed by atoms with van der Waals surface area (Å²) in [4.78, 5) is 17.1. The fraction of sp³-hybridized carbons (Fsp3) is 0.300. The van der Waals surface area contributed by atoms with Gasteiger partial charge in [-0.2, -0.15) is 0 Å². The Morgan fingerprint density at radius 2 is 1.84 bits per heavy atom. The van der Waals surface area contributed by atoms with Crippen molar-refractivity contribution in [2.45, 2.75) is 25.7 Å². The molecule has 2 aliphatic rings. The van der Waals surface area contributed by atoms with Gasteiger partial charge in [-0.1, -0.05) is 48.4 Å². The molecule has 1 fully saturated rings. The van der Waals surface area contributed by atoms with Crippen molar-refractivity contribution in [3.05, 3.63) is 64.7 Å². The Morgan fingerprint density at radius 1 is 1.04 bits per heavy atom. The van der Waals surface area contributed by atoms with Crippen LogP contribution in [0.15, 0.2) is 47.5 Å². The number of hydrogen-bond acceptors (Lipinski definition) is 3. The zero-order valence-corrected chi connectivity index (χ0v) is 14.7. The summed E-state index contributed by atoms with van der Waals surface area (Å²) in [6, 6.07) is 13.7. The van der Waals surface area contributed by atoms with Crippen molar-refractivity contribution in [1.29, 1.82) is 0 Å². The molecule has 2 aromatic rings. The van der Waals surface area contributed by atoms with Crippen LogP contribution in [0.2, 0.25) is 0 Å². The largest absolute Gasteiger partial charge is 0.285 e. The number of hydrogen-bond donors (Lipinski definition) is 1. The Balaban J connectivity index is 1.61. The van der Waals surface area contributed by atoms with Crippen LogP contribution in [0.25, 0.3) is 0 Å². The molecule has 1 N–H and O–H groups in total. The minimum absolute atomic E-state index is 0.0854. The van der Waals surface area contributed by atoms with Gasteiger partial charge < -0.3 is 0 Å². The van der Waals surface area contributed by atoms with Crippen LogP contribution in [0, 0.1) is 0 Å². The average molecular weight is 354 g/mol. The lowest BCUT2D eigenvalue weighted by Crippen LogP contribution is -2.45. The Labute approximate surface area is 152 Å². The van der Waals surface area contributed by atoms with E-state index in [0.717, 1.165) is 54.7 Å². The molecule has 0 aromatic heterocycles. The highest BCUT2D eigenvalue weighted by atomic mass is 35.5. The van der Waals surface area contributed by atoms with Gasteiger partial charge in [-0.3, -0.25) is 10.2 Å². The molecular weight excluding hydrogens is 334 g/mol. The topological polar surface area (TPSA) is 44.7 Å². The first kappa shape index (κ1) is 16.3.